The zero-order valence-corrected chi connectivity index (χ0v) is 17.2. The molecule has 1 atom stereocenters. The zero-order chi connectivity index (χ0) is 19.7. The topological polar surface area (TPSA) is 72.9 Å². The Labute approximate surface area is 168 Å². The van der Waals surface area contributed by atoms with E-state index >= 15 is 0 Å². The lowest BCUT2D eigenvalue weighted by Gasteiger charge is -2.25. The third kappa shape index (κ3) is 3.37. The number of nitrogens with zero attached hydrogens (tertiary/aromatic N) is 2. The molecular formula is C20H25N3O4S. The van der Waals surface area contributed by atoms with Gasteiger partial charge in [0, 0.05) is 25.4 Å². The van der Waals surface area contributed by atoms with Gasteiger partial charge in [0.2, 0.25) is 11.7 Å². The number of aromatic nitrogens is 1. The van der Waals surface area contributed by atoms with Crippen LogP contribution in [0.5, 0.6) is 17.2 Å². The van der Waals surface area contributed by atoms with Crippen LogP contribution >= 0.6 is 11.3 Å². The van der Waals surface area contributed by atoms with Crippen LogP contribution in [0, 0.1) is 0 Å². The van der Waals surface area contributed by atoms with E-state index in [9.17, 15) is 4.79 Å². The number of ether oxygens (including phenoxy) is 3. The Balaban J connectivity index is 1.75. The molecule has 0 bridgehead atoms. The van der Waals surface area contributed by atoms with Crippen LogP contribution in [-0.4, -0.2) is 45.3 Å². The Kier molecular flexibility index (Phi) is 5.30. The highest BCUT2D eigenvalue weighted by Gasteiger charge is 2.33. The van der Waals surface area contributed by atoms with E-state index in [-0.39, 0.29) is 11.8 Å². The molecule has 7 nitrogen and oxygen atoms in total. The van der Waals surface area contributed by atoms with E-state index in [0.717, 1.165) is 28.7 Å². The van der Waals surface area contributed by atoms with Gasteiger partial charge in [0.15, 0.2) is 16.6 Å². The van der Waals surface area contributed by atoms with E-state index in [2.05, 4.69) is 10.2 Å². The van der Waals surface area contributed by atoms with Crippen LogP contribution in [0.25, 0.3) is 0 Å². The number of nitrogens with one attached hydrogen (secondary N) is 1. The summed E-state index contributed by atoms with van der Waals surface area (Å²) in [6, 6.07) is 3.85. The molecule has 0 radical (unpaired) electrons. The molecule has 28 heavy (non-hydrogen) atoms. The fourth-order valence-electron chi connectivity index (χ4n) is 3.90. The van der Waals surface area contributed by atoms with E-state index in [1.54, 1.807) is 32.7 Å². The van der Waals surface area contributed by atoms with E-state index in [4.69, 9.17) is 19.2 Å². The molecule has 2 aliphatic heterocycles. The van der Waals surface area contributed by atoms with Crippen molar-refractivity contribution in [2.45, 2.75) is 31.6 Å². The Morgan fingerprint density at radius 1 is 1.07 bits per heavy atom. The SMILES string of the molecule is COc1cc(C2CC(=O)Nc3nc(N4CCCCC4)sc32)cc(OC)c1OC. The van der Waals surface area contributed by atoms with Gasteiger partial charge in [-0.15, -0.1) is 0 Å². The number of methoxy groups -OCH3 is 3. The van der Waals surface area contributed by atoms with Gasteiger partial charge in [-0.3, -0.25) is 4.79 Å². The third-order valence-corrected chi connectivity index (χ3v) is 6.55. The second-order valence-electron chi connectivity index (χ2n) is 7.02. The molecule has 1 N–H and O–H groups in total. The Bertz CT molecular complexity index is 851. The summed E-state index contributed by atoms with van der Waals surface area (Å²) < 4.78 is 16.4. The van der Waals surface area contributed by atoms with Crippen molar-refractivity contribution in [1.82, 2.24) is 4.98 Å². The van der Waals surface area contributed by atoms with Crippen molar-refractivity contribution in [3.8, 4) is 17.2 Å². The number of fused-ring (bicyclic) bond motifs is 1. The summed E-state index contributed by atoms with van der Waals surface area (Å²) in [6.45, 7) is 2.05. The number of amides is 1. The summed E-state index contributed by atoms with van der Waals surface area (Å²) in [5, 5.41) is 3.94. The number of rotatable bonds is 5. The van der Waals surface area contributed by atoms with Gasteiger partial charge in [-0.1, -0.05) is 11.3 Å². The van der Waals surface area contributed by atoms with Crippen LogP contribution in [0.1, 0.15) is 42.0 Å². The third-order valence-electron chi connectivity index (χ3n) is 5.32. The quantitative estimate of drug-likeness (QED) is 0.822. The lowest BCUT2D eigenvalue weighted by molar-refractivity contribution is -0.116. The highest BCUT2D eigenvalue weighted by Crippen LogP contribution is 2.47. The van der Waals surface area contributed by atoms with Gasteiger partial charge < -0.3 is 24.4 Å². The highest BCUT2D eigenvalue weighted by atomic mass is 32.1. The molecule has 4 rings (SSSR count). The summed E-state index contributed by atoms with van der Waals surface area (Å²) >= 11 is 1.67. The largest absolute Gasteiger partial charge is 0.493 e. The number of anilines is 2. The summed E-state index contributed by atoms with van der Waals surface area (Å²) in [5.41, 5.74) is 0.958. The molecule has 1 aromatic heterocycles. The molecular weight excluding hydrogens is 378 g/mol. The maximum atomic E-state index is 12.4. The number of piperidine rings is 1. The molecule has 1 saturated heterocycles. The molecule has 0 saturated carbocycles. The first-order chi connectivity index (χ1) is 13.6. The van der Waals surface area contributed by atoms with Crippen molar-refractivity contribution >= 4 is 28.2 Å². The van der Waals surface area contributed by atoms with Gasteiger partial charge in [-0.25, -0.2) is 4.98 Å². The smallest absolute Gasteiger partial charge is 0.226 e. The number of benzene rings is 1. The number of hydrogen-bond donors (Lipinski definition) is 1. The molecule has 3 heterocycles. The number of carbonyl (C=O) groups excluding carboxylic acids is 1. The number of hydrogen-bond acceptors (Lipinski definition) is 7. The van der Waals surface area contributed by atoms with E-state index in [1.165, 1.54) is 19.3 Å². The number of thiazole rings is 1. The van der Waals surface area contributed by atoms with Gasteiger partial charge in [-0.05, 0) is 37.0 Å². The van der Waals surface area contributed by atoms with Crippen molar-refractivity contribution in [2.24, 2.45) is 0 Å². The maximum absolute atomic E-state index is 12.4. The highest BCUT2D eigenvalue weighted by molar-refractivity contribution is 7.16. The van der Waals surface area contributed by atoms with Crippen LogP contribution in [0.2, 0.25) is 0 Å². The fourth-order valence-corrected chi connectivity index (χ4v) is 5.10. The van der Waals surface area contributed by atoms with E-state index in [1.807, 2.05) is 12.1 Å². The standard InChI is InChI=1S/C20H25N3O4S/c1-25-14-9-12(10-15(26-2)17(14)27-3)13-11-16(24)21-19-18(13)28-20(22-19)23-7-5-4-6-8-23/h9-10,13H,4-8,11H2,1-3H3,(H,21,24). The number of carbonyl (C=O) groups is 1. The summed E-state index contributed by atoms with van der Waals surface area (Å²) in [7, 11) is 4.78. The van der Waals surface area contributed by atoms with Gasteiger partial charge in [-0.2, -0.15) is 0 Å². The minimum Gasteiger partial charge on any atom is -0.493 e. The van der Waals surface area contributed by atoms with Crippen molar-refractivity contribution in [3.63, 3.8) is 0 Å². The molecule has 1 unspecified atom stereocenters. The first-order valence-corrected chi connectivity index (χ1v) is 10.3. The molecule has 150 valence electrons. The Morgan fingerprint density at radius 2 is 1.75 bits per heavy atom. The van der Waals surface area contributed by atoms with Crippen LogP contribution in [0.3, 0.4) is 0 Å². The van der Waals surface area contributed by atoms with Crippen molar-refractivity contribution in [2.75, 3.05) is 44.6 Å². The first-order valence-electron chi connectivity index (χ1n) is 9.50. The van der Waals surface area contributed by atoms with Gasteiger partial charge in [0.25, 0.3) is 0 Å². The summed E-state index contributed by atoms with van der Waals surface area (Å²) in [6.07, 6.45) is 4.01. The Morgan fingerprint density at radius 3 is 2.36 bits per heavy atom. The fraction of sp³-hybridized carbons (Fsp3) is 0.500. The Hall–Kier alpha value is -2.48. The lowest BCUT2D eigenvalue weighted by atomic mass is 9.91. The van der Waals surface area contributed by atoms with Crippen molar-refractivity contribution < 1.29 is 19.0 Å². The van der Waals surface area contributed by atoms with Crippen LogP contribution in [0.4, 0.5) is 10.9 Å². The molecule has 2 aliphatic rings. The van der Waals surface area contributed by atoms with E-state index in [0.29, 0.717) is 29.5 Å². The van der Waals surface area contributed by atoms with Crippen molar-refractivity contribution in [3.05, 3.63) is 22.6 Å². The molecule has 1 aromatic carbocycles. The first kappa shape index (κ1) is 18.9. The molecule has 2 aromatic rings. The monoisotopic (exact) mass is 403 g/mol. The molecule has 1 fully saturated rings. The molecule has 0 spiro atoms. The zero-order valence-electron chi connectivity index (χ0n) is 16.4. The predicted octanol–water partition coefficient (Wildman–Crippen LogP) is 3.63. The average Bonchev–Trinajstić information content (AvgIpc) is 3.16. The maximum Gasteiger partial charge on any atom is 0.226 e. The van der Waals surface area contributed by atoms with Gasteiger partial charge >= 0.3 is 0 Å². The van der Waals surface area contributed by atoms with Gasteiger partial charge in [0.1, 0.15) is 5.82 Å². The average molecular weight is 404 g/mol. The van der Waals surface area contributed by atoms with Gasteiger partial charge in [0.05, 0.1) is 26.2 Å². The van der Waals surface area contributed by atoms with Crippen LogP contribution < -0.4 is 24.4 Å². The van der Waals surface area contributed by atoms with Crippen molar-refractivity contribution in [1.29, 1.82) is 0 Å². The molecule has 1 amide bonds. The second-order valence-corrected chi connectivity index (χ2v) is 8.03. The second kappa shape index (κ2) is 7.87. The van der Waals surface area contributed by atoms with E-state index < -0.39 is 0 Å². The molecule has 0 aliphatic carbocycles. The summed E-state index contributed by atoms with van der Waals surface area (Å²) in [5.74, 6) is 2.29. The summed E-state index contributed by atoms with van der Waals surface area (Å²) in [4.78, 5) is 20.5. The molecule has 8 heteroatoms. The van der Waals surface area contributed by atoms with Crippen LogP contribution in [-0.2, 0) is 4.79 Å². The minimum absolute atomic E-state index is 0.0262. The predicted molar refractivity (Wildman–Crippen MR) is 109 cm³/mol. The lowest BCUT2D eigenvalue weighted by Crippen LogP contribution is -2.29. The minimum atomic E-state index is -0.0894. The normalized spacial score (nSPS) is 19.0. The van der Waals surface area contributed by atoms with Crippen LogP contribution in [0.15, 0.2) is 12.1 Å².